The molecule has 0 spiro atoms. The van der Waals surface area contributed by atoms with Gasteiger partial charge in [0.15, 0.2) is 0 Å². The summed E-state index contributed by atoms with van der Waals surface area (Å²) in [5.74, 6) is -2.46. The average molecular weight is 336 g/mol. The summed E-state index contributed by atoms with van der Waals surface area (Å²) in [4.78, 5) is 43.3. The van der Waals surface area contributed by atoms with E-state index < -0.39 is 23.9 Å². The molecule has 0 amide bonds. The van der Waals surface area contributed by atoms with Gasteiger partial charge in [0.1, 0.15) is 0 Å². The highest BCUT2D eigenvalue weighted by atomic mass is 16.6. The van der Waals surface area contributed by atoms with Gasteiger partial charge in [-0.3, -0.25) is 0 Å². The van der Waals surface area contributed by atoms with E-state index in [4.69, 9.17) is 0 Å². The monoisotopic (exact) mass is 336 g/mol. The summed E-state index contributed by atoms with van der Waals surface area (Å²) in [7, 11) is 0. The van der Waals surface area contributed by atoms with Crippen LogP contribution in [0.4, 0.5) is 0 Å². The number of rotatable bonds is 4. The Hall–Kier alpha value is -2.76. The van der Waals surface area contributed by atoms with E-state index in [1.807, 2.05) is 0 Å². The highest BCUT2D eigenvalue weighted by Crippen LogP contribution is 2.01. The zero-order valence-electron chi connectivity index (χ0n) is 14.9. The van der Waals surface area contributed by atoms with E-state index in [-0.39, 0.29) is 0 Å². The molecule has 132 valence electrons. The first-order valence-electron chi connectivity index (χ1n) is 7.26. The van der Waals surface area contributed by atoms with Crippen LogP contribution in [0.25, 0.3) is 0 Å². The average Bonchev–Trinajstić information content (AvgIpc) is 2.53. The largest absolute Gasteiger partial charge is 0.387 e. The second-order valence-electron chi connectivity index (χ2n) is 4.36. The van der Waals surface area contributed by atoms with E-state index >= 15 is 0 Å². The quantitative estimate of drug-likeness (QED) is 0.445. The maximum absolute atomic E-state index is 11.1. The summed E-state index contributed by atoms with van der Waals surface area (Å²) >= 11 is 0. The lowest BCUT2D eigenvalue weighted by Gasteiger charge is -2.01. The van der Waals surface area contributed by atoms with Crippen LogP contribution in [0.3, 0.4) is 0 Å². The van der Waals surface area contributed by atoms with Crippen molar-refractivity contribution in [1.82, 2.24) is 0 Å². The maximum Gasteiger partial charge on any atom is 0.341 e. The lowest BCUT2D eigenvalue weighted by atomic mass is 10.3. The van der Waals surface area contributed by atoms with Gasteiger partial charge in [-0.2, -0.15) is 0 Å². The highest BCUT2D eigenvalue weighted by molar-refractivity contribution is 6.01. The molecule has 0 bridgehead atoms. The molecule has 6 nitrogen and oxygen atoms in total. The van der Waals surface area contributed by atoms with E-state index in [0.717, 1.165) is 0 Å². The van der Waals surface area contributed by atoms with Crippen LogP contribution >= 0.6 is 0 Å². The Morgan fingerprint density at radius 2 is 0.958 bits per heavy atom. The summed E-state index contributed by atoms with van der Waals surface area (Å²) < 4.78 is 8.82. The van der Waals surface area contributed by atoms with Crippen molar-refractivity contribution in [2.75, 3.05) is 0 Å². The summed E-state index contributed by atoms with van der Waals surface area (Å²) in [6.45, 7) is 9.96. The zero-order valence-corrected chi connectivity index (χ0v) is 14.9. The first-order valence-corrected chi connectivity index (χ1v) is 7.26. The molecular weight excluding hydrogens is 312 g/mol. The van der Waals surface area contributed by atoms with E-state index in [1.54, 1.807) is 53.7 Å². The topological polar surface area (TPSA) is 86.7 Å². The molecular formula is C18H24O6. The minimum absolute atomic E-state index is 0.428. The van der Waals surface area contributed by atoms with Crippen LogP contribution < -0.4 is 0 Å². The molecule has 0 aromatic carbocycles. The van der Waals surface area contributed by atoms with Crippen molar-refractivity contribution < 1.29 is 28.7 Å². The van der Waals surface area contributed by atoms with Crippen LogP contribution in [0.1, 0.15) is 41.5 Å². The zero-order chi connectivity index (χ0) is 19.1. The van der Waals surface area contributed by atoms with Crippen molar-refractivity contribution in [3.63, 3.8) is 0 Å². The van der Waals surface area contributed by atoms with Crippen molar-refractivity contribution in [3.05, 3.63) is 47.6 Å². The third-order valence-corrected chi connectivity index (χ3v) is 2.50. The van der Waals surface area contributed by atoms with Crippen LogP contribution in [0, 0.1) is 0 Å². The third kappa shape index (κ3) is 11.9. The number of carbonyl (C=O) groups excluding carboxylic acids is 4. The lowest BCUT2D eigenvalue weighted by Crippen LogP contribution is -2.13. The molecule has 24 heavy (non-hydrogen) atoms. The second-order valence-corrected chi connectivity index (χ2v) is 4.36. The second kappa shape index (κ2) is 13.9. The third-order valence-electron chi connectivity index (χ3n) is 2.50. The molecule has 0 aliphatic carbocycles. The van der Waals surface area contributed by atoms with Gasteiger partial charge in [0.25, 0.3) is 0 Å². The van der Waals surface area contributed by atoms with Crippen molar-refractivity contribution in [2.45, 2.75) is 41.5 Å². The Morgan fingerprint density at radius 1 is 0.625 bits per heavy atom. The van der Waals surface area contributed by atoms with Crippen LogP contribution in [-0.2, 0) is 28.7 Å². The van der Waals surface area contributed by atoms with Gasteiger partial charge < -0.3 is 9.47 Å². The van der Waals surface area contributed by atoms with Crippen LogP contribution in [-0.4, -0.2) is 23.9 Å². The number of hydrogen-bond donors (Lipinski definition) is 0. The van der Waals surface area contributed by atoms with Crippen molar-refractivity contribution >= 4 is 23.9 Å². The number of ether oxygens (including phenoxy) is 2. The fraction of sp³-hybridized carbons (Fsp3) is 0.333. The van der Waals surface area contributed by atoms with Crippen molar-refractivity contribution in [2.24, 2.45) is 0 Å². The molecule has 0 heterocycles. The van der Waals surface area contributed by atoms with Gasteiger partial charge in [-0.25, -0.2) is 19.2 Å². The molecule has 6 heteroatoms. The summed E-state index contributed by atoms with van der Waals surface area (Å²) in [6, 6.07) is 0. The molecule has 0 rings (SSSR count). The van der Waals surface area contributed by atoms with Gasteiger partial charge in [-0.15, -0.1) is 0 Å². The minimum atomic E-state index is -0.643. The molecule has 0 aromatic heterocycles. The van der Waals surface area contributed by atoms with E-state index in [0.29, 0.717) is 11.1 Å². The Kier molecular flexibility index (Phi) is 13.6. The van der Waals surface area contributed by atoms with Crippen LogP contribution in [0.15, 0.2) is 47.6 Å². The molecule has 0 aromatic rings. The molecule has 0 N–H and O–H groups in total. The SMILES string of the molecule is CC=C(C)C(=O)OC(=O)C(C)=CC.CC=CC(=O)OC(=O)C=CC. The van der Waals surface area contributed by atoms with Gasteiger partial charge in [0.2, 0.25) is 0 Å². The van der Waals surface area contributed by atoms with Gasteiger partial charge in [-0.1, -0.05) is 24.3 Å². The Bertz CT molecular complexity index is 526. The molecule has 0 fully saturated rings. The number of carbonyl (C=O) groups is 4. The first kappa shape index (κ1) is 23.5. The van der Waals surface area contributed by atoms with E-state index in [1.165, 1.54) is 24.3 Å². The predicted molar refractivity (Wildman–Crippen MR) is 90.7 cm³/mol. The van der Waals surface area contributed by atoms with Gasteiger partial charge in [-0.05, 0) is 41.5 Å². The fourth-order valence-electron chi connectivity index (χ4n) is 0.920. The Labute approximate surface area is 142 Å². The molecule has 0 aliphatic rings. The molecule has 0 saturated heterocycles. The van der Waals surface area contributed by atoms with Gasteiger partial charge >= 0.3 is 23.9 Å². The van der Waals surface area contributed by atoms with Gasteiger partial charge in [0.05, 0.1) is 0 Å². The number of hydrogen-bond acceptors (Lipinski definition) is 6. The maximum atomic E-state index is 11.1. The summed E-state index contributed by atoms with van der Waals surface area (Å²) in [6.07, 6.45) is 8.57. The van der Waals surface area contributed by atoms with Crippen LogP contribution in [0.2, 0.25) is 0 Å². The van der Waals surface area contributed by atoms with Gasteiger partial charge in [0, 0.05) is 23.3 Å². The number of allylic oxidation sites excluding steroid dienone is 4. The van der Waals surface area contributed by atoms with E-state index in [9.17, 15) is 19.2 Å². The minimum Gasteiger partial charge on any atom is -0.387 e. The summed E-state index contributed by atoms with van der Waals surface area (Å²) in [5, 5.41) is 0. The van der Waals surface area contributed by atoms with E-state index in [2.05, 4.69) is 9.47 Å². The van der Waals surface area contributed by atoms with Crippen LogP contribution in [0.5, 0.6) is 0 Å². The van der Waals surface area contributed by atoms with Crippen molar-refractivity contribution in [1.29, 1.82) is 0 Å². The molecule has 0 atom stereocenters. The summed E-state index contributed by atoms with van der Waals surface area (Å²) in [5.41, 5.74) is 0.856. The molecule has 0 unspecified atom stereocenters. The number of esters is 4. The highest BCUT2D eigenvalue weighted by Gasteiger charge is 2.12. The standard InChI is InChI=1S/C10H14O3.C8H10O3/c1-5-7(3)9(11)13-10(12)8(4)6-2;1-3-5-7(9)11-8(10)6-4-2/h5-6H,1-4H3;3-6H,1-2H3. The Morgan fingerprint density at radius 3 is 1.21 bits per heavy atom. The molecule has 0 saturated carbocycles. The van der Waals surface area contributed by atoms with Crippen molar-refractivity contribution in [3.8, 4) is 0 Å². The normalized spacial score (nSPS) is 11.8. The first-order chi connectivity index (χ1) is 11.2. The lowest BCUT2D eigenvalue weighted by molar-refractivity contribution is -0.155. The molecule has 0 radical (unpaired) electrons. The Balaban J connectivity index is 0. The smallest absolute Gasteiger partial charge is 0.341 e. The molecule has 0 aliphatic heterocycles. The predicted octanol–water partition coefficient (Wildman–Crippen LogP) is 3.20. The fourth-order valence-corrected chi connectivity index (χ4v) is 0.920.